The van der Waals surface area contributed by atoms with E-state index in [1.165, 1.54) is 18.2 Å². The van der Waals surface area contributed by atoms with Gasteiger partial charge in [0.05, 0.1) is 30.8 Å². The van der Waals surface area contributed by atoms with E-state index in [0.717, 1.165) is 23.8 Å². The molecule has 0 atom stereocenters. The normalized spacial score (nSPS) is 13.3. The van der Waals surface area contributed by atoms with Crippen LogP contribution in [0.1, 0.15) is 68.8 Å². The quantitative estimate of drug-likeness (QED) is 0.0559. The molecule has 1 aliphatic heterocycles. The molecule has 1 fully saturated rings. The Labute approximate surface area is 298 Å². The topological polar surface area (TPSA) is 246 Å². The molecule has 0 bridgehead atoms. The fourth-order valence-corrected chi connectivity index (χ4v) is 6.14. The average molecular weight is 741 g/mol. The number of phenols is 1. The zero-order valence-electron chi connectivity index (χ0n) is 28.6. The highest BCUT2D eigenvalue weighted by atomic mass is 31.2. The standard InChI is InChI=1S/C34H41N6O11P/c1-2-3-5-27-38-32-33(39(27)20-22-19-23(9-11-26(22)41)51-52(46,47)48)24-18-21(8-10-25(24)37-34(32)35)14-16-49-17-15-36-28(42)6-4-7-31(45)50-40-29(43)12-13-30(40)44/h8-11,18-19,41H,2-7,12-17,20H2,1H3,(H2,35,37)(H,36,42)(H2,46,47,48). The highest BCUT2D eigenvalue weighted by Crippen LogP contribution is 2.39. The minimum Gasteiger partial charge on any atom is -0.508 e. The van der Waals surface area contributed by atoms with Crippen LogP contribution in [0, 0.1) is 0 Å². The molecule has 17 nitrogen and oxygen atoms in total. The number of aryl methyl sites for hydroxylation is 1. The number of ether oxygens (including phenoxy) is 1. The van der Waals surface area contributed by atoms with Gasteiger partial charge in [0, 0.05) is 49.6 Å². The highest BCUT2D eigenvalue weighted by molar-refractivity contribution is 7.46. The molecule has 18 heteroatoms. The summed E-state index contributed by atoms with van der Waals surface area (Å²) >= 11 is 0. The summed E-state index contributed by atoms with van der Waals surface area (Å²) in [5.74, 6) is -1.37. The largest absolute Gasteiger partial charge is 0.524 e. The van der Waals surface area contributed by atoms with Crippen molar-refractivity contribution in [2.75, 3.05) is 25.5 Å². The lowest BCUT2D eigenvalue weighted by Crippen LogP contribution is -2.32. The number of nitrogens with one attached hydrogen (secondary N) is 1. The van der Waals surface area contributed by atoms with Gasteiger partial charge < -0.3 is 34.8 Å². The first-order valence-corrected chi connectivity index (χ1v) is 18.4. The Hall–Kier alpha value is -5.09. The van der Waals surface area contributed by atoms with Crippen LogP contribution in [0.25, 0.3) is 21.9 Å². The predicted molar refractivity (Wildman–Crippen MR) is 187 cm³/mol. The summed E-state index contributed by atoms with van der Waals surface area (Å²) in [6.07, 6.45) is 3.05. The van der Waals surface area contributed by atoms with Crippen LogP contribution < -0.4 is 15.6 Å². The number of hydrogen-bond acceptors (Lipinski definition) is 12. The number of benzene rings is 2. The first-order chi connectivity index (χ1) is 24.8. The van der Waals surface area contributed by atoms with E-state index in [0.29, 0.717) is 52.4 Å². The maximum Gasteiger partial charge on any atom is 0.524 e. The maximum atomic E-state index is 12.2. The molecule has 52 heavy (non-hydrogen) atoms. The van der Waals surface area contributed by atoms with Gasteiger partial charge in [0.15, 0.2) is 5.82 Å². The number of nitrogens with two attached hydrogens (primary N) is 1. The zero-order valence-corrected chi connectivity index (χ0v) is 29.5. The van der Waals surface area contributed by atoms with Crippen LogP contribution in [0.3, 0.4) is 0 Å². The lowest BCUT2D eigenvalue weighted by molar-refractivity contribution is -0.197. The third kappa shape index (κ3) is 9.82. The second-order valence-corrected chi connectivity index (χ2v) is 13.4. The Kier molecular flexibility index (Phi) is 12.4. The third-order valence-electron chi connectivity index (χ3n) is 8.29. The monoisotopic (exact) mass is 740 g/mol. The average Bonchev–Trinajstić information content (AvgIpc) is 3.61. The number of carbonyl (C=O) groups is 4. The van der Waals surface area contributed by atoms with Crippen LogP contribution in [-0.2, 0) is 52.7 Å². The van der Waals surface area contributed by atoms with E-state index in [9.17, 15) is 38.6 Å². The Balaban J connectivity index is 1.20. The summed E-state index contributed by atoms with van der Waals surface area (Å²) in [5, 5.41) is 14.7. The molecule has 1 saturated heterocycles. The molecule has 6 N–H and O–H groups in total. The molecule has 2 aromatic heterocycles. The molecule has 0 aliphatic carbocycles. The number of unbranched alkanes of at least 4 members (excludes halogenated alkanes) is 1. The van der Waals surface area contributed by atoms with Crippen molar-refractivity contribution >= 4 is 59.3 Å². The summed E-state index contributed by atoms with van der Waals surface area (Å²) in [7, 11) is -4.82. The van der Waals surface area contributed by atoms with Crippen LogP contribution in [0.5, 0.6) is 11.5 Å². The summed E-state index contributed by atoms with van der Waals surface area (Å²) in [6, 6.07) is 9.71. The first-order valence-electron chi connectivity index (χ1n) is 16.9. The Morgan fingerprint density at radius 1 is 1.00 bits per heavy atom. The number of imide groups is 1. The summed E-state index contributed by atoms with van der Waals surface area (Å²) in [5.41, 5.74) is 9.51. The maximum absolute atomic E-state index is 12.2. The molecule has 3 heterocycles. The molecule has 4 aromatic rings. The summed E-state index contributed by atoms with van der Waals surface area (Å²) < 4.78 is 23.9. The van der Waals surface area contributed by atoms with Gasteiger partial charge >= 0.3 is 13.8 Å². The Morgan fingerprint density at radius 2 is 1.77 bits per heavy atom. The number of rotatable bonds is 18. The van der Waals surface area contributed by atoms with Gasteiger partial charge in [-0.15, -0.1) is 5.06 Å². The van der Waals surface area contributed by atoms with Gasteiger partial charge in [-0.3, -0.25) is 24.2 Å². The fourth-order valence-electron chi connectivity index (χ4n) is 5.75. The second-order valence-electron chi connectivity index (χ2n) is 12.2. The van der Waals surface area contributed by atoms with Crippen molar-refractivity contribution in [3.05, 3.63) is 53.3 Å². The van der Waals surface area contributed by atoms with E-state index >= 15 is 0 Å². The minimum atomic E-state index is -4.82. The van der Waals surface area contributed by atoms with E-state index in [-0.39, 0.29) is 75.0 Å². The van der Waals surface area contributed by atoms with E-state index in [1.807, 2.05) is 22.8 Å². The van der Waals surface area contributed by atoms with Crippen LogP contribution in [0.2, 0.25) is 0 Å². The van der Waals surface area contributed by atoms with E-state index in [1.54, 1.807) is 0 Å². The number of nitrogens with zero attached hydrogens (tertiary/aromatic N) is 4. The number of hydroxylamine groups is 2. The summed E-state index contributed by atoms with van der Waals surface area (Å²) in [4.78, 5) is 79.9. The number of hydrogen-bond donors (Lipinski definition) is 5. The number of amides is 3. The number of fused-ring (bicyclic) bond motifs is 3. The molecule has 1 aliphatic rings. The fraction of sp³-hybridized carbons (Fsp3) is 0.412. The van der Waals surface area contributed by atoms with Crippen molar-refractivity contribution < 1.29 is 52.7 Å². The second kappa shape index (κ2) is 17.0. The van der Waals surface area contributed by atoms with Crippen molar-refractivity contribution in [2.45, 2.75) is 71.3 Å². The predicted octanol–water partition coefficient (Wildman–Crippen LogP) is 3.19. The van der Waals surface area contributed by atoms with Crippen LogP contribution in [0.4, 0.5) is 5.82 Å². The van der Waals surface area contributed by atoms with Crippen molar-refractivity contribution in [3.8, 4) is 11.5 Å². The van der Waals surface area contributed by atoms with Crippen molar-refractivity contribution in [1.82, 2.24) is 24.9 Å². The Morgan fingerprint density at radius 3 is 2.50 bits per heavy atom. The molecule has 278 valence electrons. The number of aromatic nitrogens is 3. The SMILES string of the molecule is CCCCc1nc2c(N)nc3ccc(CCOCCNC(=O)CCCC(=O)ON4C(=O)CCC4=O)cc3c2n1Cc1cc(OP(=O)(O)O)ccc1O. The number of nitrogen functional groups attached to an aromatic ring is 1. The first kappa shape index (κ1) is 38.1. The molecular weight excluding hydrogens is 699 g/mol. The third-order valence-corrected chi connectivity index (χ3v) is 8.74. The molecule has 2 aromatic carbocycles. The van der Waals surface area contributed by atoms with Crippen molar-refractivity contribution in [2.24, 2.45) is 0 Å². The van der Waals surface area contributed by atoms with Gasteiger partial charge in [-0.1, -0.05) is 19.4 Å². The number of aromatic hydroxyl groups is 1. The zero-order chi connectivity index (χ0) is 37.4. The highest BCUT2D eigenvalue weighted by Gasteiger charge is 2.32. The number of pyridine rings is 1. The molecule has 0 spiro atoms. The number of anilines is 1. The van der Waals surface area contributed by atoms with Gasteiger partial charge in [0.1, 0.15) is 22.8 Å². The number of phosphoric acid groups is 1. The van der Waals surface area contributed by atoms with Crippen molar-refractivity contribution in [1.29, 1.82) is 0 Å². The van der Waals surface area contributed by atoms with Crippen LogP contribution >= 0.6 is 7.82 Å². The molecule has 3 amide bonds. The lowest BCUT2D eigenvalue weighted by Gasteiger charge is -2.14. The lowest BCUT2D eigenvalue weighted by atomic mass is 10.1. The van der Waals surface area contributed by atoms with Crippen LogP contribution in [-0.4, -0.2) is 77.9 Å². The van der Waals surface area contributed by atoms with Gasteiger partial charge in [0.2, 0.25) is 5.91 Å². The molecular formula is C34H41N6O11P. The molecule has 0 saturated carbocycles. The molecule has 0 unspecified atom stereocenters. The number of phenolic OH excluding ortho intramolecular Hbond substituents is 1. The van der Waals surface area contributed by atoms with E-state index < -0.39 is 25.6 Å². The van der Waals surface area contributed by atoms with Gasteiger partial charge in [-0.2, -0.15) is 0 Å². The Bertz CT molecular complexity index is 2010. The van der Waals surface area contributed by atoms with E-state index in [2.05, 4.69) is 17.2 Å². The van der Waals surface area contributed by atoms with Gasteiger partial charge in [0.25, 0.3) is 11.8 Å². The number of carbonyl (C=O) groups excluding carboxylic acids is 4. The number of phosphoric ester groups is 1. The van der Waals surface area contributed by atoms with Crippen molar-refractivity contribution in [3.63, 3.8) is 0 Å². The number of imidazole rings is 1. The van der Waals surface area contributed by atoms with Crippen LogP contribution in [0.15, 0.2) is 36.4 Å². The van der Waals surface area contributed by atoms with Gasteiger partial charge in [-0.25, -0.2) is 19.3 Å². The molecule has 5 rings (SSSR count). The minimum absolute atomic E-state index is 0.00999. The summed E-state index contributed by atoms with van der Waals surface area (Å²) in [6.45, 7) is 3.04. The smallest absolute Gasteiger partial charge is 0.508 e. The van der Waals surface area contributed by atoms with E-state index in [4.69, 9.17) is 24.8 Å². The molecule has 0 radical (unpaired) electrons. The van der Waals surface area contributed by atoms with Gasteiger partial charge in [-0.05, 0) is 55.2 Å².